The lowest BCUT2D eigenvalue weighted by Gasteiger charge is -2.10. The molecule has 3 aromatic heterocycles. The third-order valence-corrected chi connectivity index (χ3v) is 6.30. The van der Waals surface area contributed by atoms with Crippen LogP contribution in [0.4, 0.5) is 9.52 Å². The number of thiophene rings is 1. The fraction of sp³-hybridized carbons (Fsp3) is 0.0476. The Morgan fingerprint density at radius 1 is 1.07 bits per heavy atom. The molecule has 4 nitrogen and oxygen atoms in total. The zero-order chi connectivity index (χ0) is 19.1. The molecule has 0 atom stereocenters. The average Bonchev–Trinajstić information content (AvgIpc) is 3.37. The summed E-state index contributed by atoms with van der Waals surface area (Å²) >= 11 is 2.87. The molecule has 2 aromatic carbocycles. The SMILES string of the molecule is O=C(Nc1nc2ccc(F)cc2s1)c1cc2sccc2n1Cc1ccccc1. The summed E-state index contributed by atoms with van der Waals surface area (Å²) in [5.74, 6) is -0.537. The second-order valence-corrected chi connectivity index (χ2v) is 8.33. The van der Waals surface area contributed by atoms with E-state index in [1.54, 1.807) is 17.4 Å². The number of fused-ring (bicyclic) bond motifs is 2. The van der Waals surface area contributed by atoms with E-state index in [0.717, 1.165) is 15.8 Å². The van der Waals surface area contributed by atoms with Crippen molar-refractivity contribution < 1.29 is 9.18 Å². The van der Waals surface area contributed by atoms with Gasteiger partial charge < -0.3 is 4.57 Å². The van der Waals surface area contributed by atoms with Crippen LogP contribution in [0.3, 0.4) is 0 Å². The molecule has 0 unspecified atom stereocenters. The molecule has 3 heterocycles. The standard InChI is InChI=1S/C21H14FN3OS2/c22-14-6-7-15-18(10-14)28-21(23-15)24-20(26)17-11-19-16(8-9-27-19)25(17)12-13-4-2-1-3-5-13/h1-11H,12H2,(H,23,24,26). The minimum Gasteiger partial charge on any atom is -0.331 e. The topological polar surface area (TPSA) is 46.9 Å². The van der Waals surface area contributed by atoms with Crippen LogP contribution in [0.1, 0.15) is 16.1 Å². The molecule has 1 amide bonds. The van der Waals surface area contributed by atoms with Gasteiger partial charge in [0.1, 0.15) is 11.5 Å². The third-order valence-electron chi connectivity index (χ3n) is 4.51. The Labute approximate surface area is 167 Å². The number of halogens is 1. The molecule has 7 heteroatoms. The maximum atomic E-state index is 13.4. The van der Waals surface area contributed by atoms with Crippen molar-refractivity contribution in [2.24, 2.45) is 0 Å². The smallest absolute Gasteiger partial charge is 0.274 e. The van der Waals surface area contributed by atoms with Crippen LogP contribution < -0.4 is 5.32 Å². The maximum Gasteiger partial charge on any atom is 0.274 e. The minimum atomic E-state index is -0.314. The summed E-state index contributed by atoms with van der Waals surface area (Å²) < 4.78 is 17.2. The molecular formula is C21H14FN3OS2. The van der Waals surface area contributed by atoms with E-state index in [-0.39, 0.29) is 11.7 Å². The molecule has 0 bridgehead atoms. The van der Waals surface area contributed by atoms with E-state index >= 15 is 0 Å². The molecule has 138 valence electrons. The first kappa shape index (κ1) is 17.1. The van der Waals surface area contributed by atoms with Crippen molar-refractivity contribution in [1.82, 2.24) is 9.55 Å². The number of nitrogens with one attached hydrogen (secondary N) is 1. The number of anilines is 1. The summed E-state index contributed by atoms with van der Waals surface area (Å²) in [6.45, 7) is 0.606. The fourth-order valence-corrected chi connectivity index (χ4v) is 4.92. The van der Waals surface area contributed by atoms with Gasteiger partial charge in [0.2, 0.25) is 0 Å². The highest BCUT2D eigenvalue weighted by Gasteiger charge is 2.18. The van der Waals surface area contributed by atoms with Gasteiger partial charge in [0.25, 0.3) is 5.91 Å². The molecule has 0 saturated heterocycles. The van der Waals surface area contributed by atoms with E-state index in [2.05, 4.69) is 10.3 Å². The molecule has 0 aliphatic heterocycles. The second kappa shape index (κ2) is 6.85. The normalized spacial score (nSPS) is 11.3. The van der Waals surface area contributed by atoms with Crippen LogP contribution in [-0.4, -0.2) is 15.5 Å². The van der Waals surface area contributed by atoms with Crippen molar-refractivity contribution in [3.8, 4) is 0 Å². The van der Waals surface area contributed by atoms with Crippen molar-refractivity contribution in [2.45, 2.75) is 6.54 Å². The fourth-order valence-electron chi connectivity index (χ4n) is 3.21. The van der Waals surface area contributed by atoms with Gasteiger partial charge in [-0.3, -0.25) is 10.1 Å². The van der Waals surface area contributed by atoms with E-state index in [0.29, 0.717) is 27.6 Å². The van der Waals surface area contributed by atoms with Crippen LogP contribution in [0.15, 0.2) is 66.0 Å². The number of benzene rings is 2. The van der Waals surface area contributed by atoms with Gasteiger partial charge in [-0.05, 0) is 41.3 Å². The van der Waals surface area contributed by atoms with Crippen LogP contribution in [-0.2, 0) is 6.54 Å². The lowest BCUT2D eigenvalue weighted by molar-refractivity contribution is 0.101. The van der Waals surface area contributed by atoms with Crippen molar-refractivity contribution in [1.29, 1.82) is 0 Å². The predicted molar refractivity (Wildman–Crippen MR) is 113 cm³/mol. The van der Waals surface area contributed by atoms with Gasteiger partial charge in [-0.15, -0.1) is 11.3 Å². The highest BCUT2D eigenvalue weighted by atomic mass is 32.1. The van der Waals surface area contributed by atoms with Crippen LogP contribution in [0.2, 0.25) is 0 Å². The summed E-state index contributed by atoms with van der Waals surface area (Å²) in [6, 6.07) is 18.4. The quantitative estimate of drug-likeness (QED) is 0.412. The Kier molecular flexibility index (Phi) is 4.18. The number of thiazole rings is 1. The molecule has 28 heavy (non-hydrogen) atoms. The molecule has 0 radical (unpaired) electrons. The molecule has 0 fully saturated rings. The lowest BCUT2D eigenvalue weighted by atomic mass is 10.2. The minimum absolute atomic E-state index is 0.223. The predicted octanol–water partition coefficient (Wildman–Crippen LogP) is 5.75. The zero-order valence-corrected chi connectivity index (χ0v) is 16.2. The Morgan fingerprint density at radius 2 is 1.93 bits per heavy atom. The van der Waals surface area contributed by atoms with Crippen molar-refractivity contribution >= 4 is 54.1 Å². The lowest BCUT2D eigenvalue weighted by Crippen LogP contribution is -2.17. The highest BCUT2D eigenvalue weighted by Crippen LogP contribution is 2.29. The largest absolute Gasteiger partial charge is 0.331 e. The van der Waals surface area contributed by atoms with E-state index in [4.69, 9.17) is 0 Å². The van der Waals surface area contributed by atoms with Gasteiger partial charge in [-0.25, -0.2) is 9.37 Å². The molecular weight excluding hydrogens is 393 g/mol. The zero-order valence-electron chi connectivity index (χ0n) is 14.6. The molecule has 0 aliphatic carbocycles. The number of aromatic nitrogens is 2. The summed E-state index contributed by atoms with van der Waals surface area (Å²) in [5, 5.41) is 5.36. The maximum absolute atomic E-state index is 13.4. The number of hydrogen-bond donors (Lipinski definition) is 1. The summed E-state index contributed by atoms with van der Waals surface area (Å²) in [4.78, 5) is 17.4. The van der Waals surface area contributed by atoms with Crippen molar-refractivity contribution in [3.05, 3.63) is 83.1 Å². The Morgan fingerprint density at radius 3 is 2.79 bits per heavy atom. The number of carbonyl (C=O) groups is 1. The second-order valence-electron chi connectivity index (χ2n) is 6.36. The first-order valence-electron chi connectivity index (χ1n) is 8.65. The van der Waals surface area contributed by atoms with Crippen LogP contribution in [0, 0.1) is 5.82 Å². The average molecular weight is 407 g/mol. The molecule has 0 aliphatic rings. The molecule has 0 spiro atoms. The van der Waals surface area contributed by atoms with E-state index in [1.807, 2.05) is 52.4 Å². The van der Waals surface area contributed by atoms with Gasteiger partial charge >= 0.3 is 0 Å². The van der Waals surface area contributed by atoms with Crippen LogP contribution >= 0.6 is 22.7 Å². The third kappa shape index (κ3) is 3.08. The van der Waals surface area contributed by atoms with Gasteiger partial charge in [0.05, 0.1) is 20.4 Å². The Bertz CT molecular complexity index is 1300. The Balaban J connectivity index is 1.50. The Hall–Kier alpha value is -3.03. The number of rotatable bonds is 4. The number of hydrogen-bond acceptors (Lipinski definition) is 4. The highest BCUT2D eigenvalue weighted by molar-refractivity contribution is 7.22. The summed E-state index contributed by atoms with van der Waals surface area (Å²) in [5.41, 5.74) is 3.40. The molecule has 1 N–H and O–H groups in total. The van der Waals surface area contributed by atoms with Gasteiger partial charge in [0.15, 0.2) is 5.13 Å². The van der Waals surface area contributed by atoms with E-state index in [1.165, 1.54) is 23.5 Å². The number of nitrogens with zero attached hydrogens (tertiary/aromatic N) is 2. The van der Waals surface area contributed by atoms with Gasteiger partial charge in [0, 0.05) is 6.54 Å². The van der Waals surface area contributed by atoms with Crippen molar-refractivity contribution in [2.75, 3.05) is 5.32 Å². The van der Waals surface area contributed by atoms with Crippen LogP contribution in [0.5, 0.6) is 0 Å². The van der Waals surface area contributed by atoms with Crippen LogP contribution in [0.25, 0.3) is 20.4 Å². The van der Waals surface area contributed by atoms with Gasteiger partial charge in [-0.2, -0.15) is 0 Å². The van der Waals surface area contributed by atoms with Gasteiger partial charge in [-0.1, -0.05) is 41.7 Å². The molecule has 0 saturated carbocycles. The molecule has 5 aromatic rings. The first-order chi connectivity index (χ1) is 13.7. The number of carbonyl (C=O) groups excluding carboxylic acids is 1. The van der Waals surface area contributed by atoms with Crippen molar-refractivity contribution in [3.63, 3.8) is 0 Å². The first-order valence-corrected chi connectivity index (χ1v) is 10.3. The van der Waals surface area contributed by atoms with E-state index < -0.39 is 0 Å². The molecule has 5 rings (SSSR count). The van der Waals surface area contributed by atoms with E-state index in [9.17, 15) is 9.18 Å². The summed E-state index contributed by atoms with van der Waals surface area (Å²) in [6.07, 6.45) is 0. The number of amides is 1. The monoisotopic (exact) mass is 407 g/mol. The summed E-state index contributed by atoms with van der Waals surface area (Å²) in [7, 11) is 0.